The van der Waals surface area contributed by atoms with Crippen molar-refractivity contribution < 1.29 is 19.4 Å². The van der Waals surface area contributed by atoms with Crippen LogP contribution in [0.15, 0.2) is 12.3 Å². The minimum absolute atomic E-state index is 0.126. The van der Waals surface area contributed by atoms with Crippen LogP contribution in [0.1, 0.15) is 48.8 Å². The molecule has 0 amide bonds. The second kappa shape index (κ2) is 6.20. The number of ketones is 1. The molecule has 0 radical (unpaired) electrons. The maximum absolute atomic E-state index is 11.4. The standard InChI is InChI=1S/C12H17NO4/c1-3-4-5-17-12(16)11(15)10-6-9(7-13-10)8(2)14/h6-7,11,13,15H,3-5H2,1-2H3/t11-/m1/s1. The van der Waals surface area contributed by atoms with Gasteiger partial charge in [0, 0.05) is 11.8 Å². The third kappa shape index (κ3) is 3.71. The van der Waals surface area contributed by atoms with Crippen LogP contribution in [-0.2, 0) is 9.53 Å². The van der Waals surface area contributed by atoms with Gasteiger partial charge in [-0.1, -0.05) is 13.3 Å². The van der Waals surface area contributed by atoms with E-state index in [4.69, 9.17) is 4.74 Å². The van der Waals surface area contributed by atoms with Crippen molar-refractivity contribution >= 4 is 11.8 Å². The number of esters is 1. The molecule has 0 aromatic carbocycles. The van der Waals surface area contributed by atoms with Gasteiger partial charge in [0.15, 0.2) is 11.9 Å². The molecule has 0 saturated heterocycles. The molecule has 0 aliphatic heterocycles. The van der Waals surface area contributed by atoms with Gasteiger partial charge in [-0.2, -0.15) is 0 Å². The van der Waals surface area contributed by atoms with Gasteiger partial charge in [-0.05, 0) is 19.4 Å². The van der Waals surface area contributed by atoms with Gasteiger partial charge in [-0.25, -0.2) is 4.79 Å². The molecule has 0 fully saturated rings. The fourth-order valence-electron chi connectivity index (χ4n) is 1.30. The van der Waals surface area contributed by atoms with Crippen molar-refractivity contribution in [2.75, 3.05) is 6.61 Å². The average molecular weight is 239 g/mol. The molecule has 0 aliphatic carbocycles. The summed E-state index contributed by atoms with van der Waals surface area (Å²) in [6, 6.07) is 1.45. The van der Waals surface area contributed by atoms with Gasteiger partial charge in [0.1, 0.15) is 0 Å². The van der Waals surface area contributed by atoms with Gasteiger partial charge in [0.05, 0.1) is 12.3 Å². The summed E-state index contributed by atoms with van der Waals surface area (Å²) in [5.41, 5.74) is 0.706. The van der Waals surface area contributed by atoms with E-state index in [0.29, 0.717) is 12.2 Å². The smallest absolute Gasteiger partial charge is 0.341 e. The molecule has 1 rings (SSSR count). The number of aliphatic hydroxyl groups excluding tert-OH is 1. The van der Waals surface area contributed by atoms with E-state index >= 15 is 0 Å². The van der Waals surface area contributed by atoms with Crippen molar-refractivity contribution in [2.45, 2.75) is 32.8 Å². The fourth-order valence-corrected chi connectivity index (χ4v) is 1.30. The Balaban J connectivity index is 2.58. The van der Waals surface area contributed by atoms with Gasteiger partial charge in [-0.3, -0.25) is 4.79 Å². The highest BCUT2D eigenvalue weighted by Crippen LogP contribution is 2.15. The van der Waals surface area contributed by atoms with E-state index in [1.54, 1.807) is 0 Å². The number of ether oxygens (including phenoxy) is 1. The number of aliphatic hydroxyl groups is 1. The van der Waals surface area contributed by atoms with Crippen LogP contribution in [0.3, 0.4) is 0 Å². The Bertz CT molecular complexity index is 397. The number of hydrogen-bond donors (Lipinski definition) is 2. The van der Waals surface area contributed by atoms with Gasteiger partial charge in [0.2, 0.25) is 0 Å². The molecule has 0 aliphatic rings. The molecule has 5 nitrogen and oxygen atoms in total. The summed E-state index contributed by atoms with van der Waals surface area (Å²) < 4.78 is 4.87. The first-order chi connectivity index (χ1) is 8.06. The van der Waals surface area contributed by atoms with Gasteiger partial charge >= 0.3 is 5.97 Å². The highest BCUT2D eigenvalue weighted by molar-refractivity contribution is 5.94. The van der Waals surface area contributed by atoms with Crippen molar-refractivity contribution in [1.82, 2.24) is 4.98 Å². The third-order valence-corrected chi connectivity index (χ3v) is 2.37. The van der Waals surface area contributed by atoms with Crippen molar-refractivity contribution in [1.29, 1.82) is 0 Å². The molecule has 2 N–H and O–H groups in total. The molecule has 0 saturated carbocycles. The lowest BCUT2D eigenvalue weighted by Crippen LogP contribution is -2.16. The van der Waals surface area contributed by atoms with E-state index in [2.05, 4.69) is 4.98 Å². The fraction of sp³-hybridized carbons (Fsp3) is 0.500. The van der Waals surface area contributed by atoms with Crippen LogP contribution in [0.2, 0.25) is 0 Å². The van der Waals surface area contributed by atoms with Crippen LogP contribution in [0, 0.1) is 0 Å². The molecule has 17 heavy (non-hydrogen) atoms. The zero-order valence-electron chi connectivity index (χ0n) is 10.0. The summed E-state index contributed by atoms with van der Waals surface area (Å²) in [7, 11) is 0. The number of aromatic nitrogens is 1. The monoisotopic (exact) mass is 239 g/mol. The number of H-pyrrole nitrogens is 1. The van der Waals surface area contributed by atoms with Crippen LogP contribution in [0.5, 0.6) is 0 Å². The van der Waals surface area contributed by atoms with E-state index in [1.807, 2.05) is 6.92 Å². The number of nitrogens with one attached hydrogen (secondary N) is 1. The summed E-state index contributed by atoms with van der Waals surface area (Å²) >= 11 is 0. The van der Waals surface area contributed by atoms with Crippen molar-refractivity contribution in [3.8, 4) is 0 Å². The van der Waals surface area contributed by atoms with Crippen LogP contribution in [-0.4, -0.2) is 28.4 Å². The van der Waals surface area contributed by atoms with E-state index in [-0.39, 0.29) is 11.5 Å². The van der Waals surface area contributed by atoms with E-state index in [1.165, 1.54) is 19.2 Å². The van der Waals surface area contributed by atoms with Gasteiger partial charge < -0.3 is 14.8 Å². The Hall–Kier alpha value is -1.62. The Morgan fingerprint density at radius 1 is 1.53 bits per heavy atom. The molecular weight excluding hydrogens is 222 g/mol. The number of unbranched alkanes of at least 4 members (excludes halogenated alkanes) is 1. The van der Waals surface area contributed by atoms with E-state index in [9.17, 15) is 14.7 Å². The first kappa shape index (κ1) is 13.4. The predicted octanol–water partition coefficient (Wildman–Crippen LogP) is 1.59. The summed E-state index contributed by atoms with van der Waals surface area (Å²) in [6.07, 6.45) is 1.78. The largest absolute Gasteiger partial charge is 0.463 e. The SMILES string of the molecule is CCCCOC(=O)[C@H](O)c1cc(C(C)=O)c[nH]1. The minimum Gasteiger partial charge on any atom is -0.463 e. The lowest BCUT2D eigenvalue weighted by atomic mass is 10.2. The summed E-state index contributed by atoms with van der Waals surface area (Å²) in [5.74, 6) is -0.825. The van der Waals surface area contributed by atoms with E-state index in [0.717, 1.165) is 12.8 Å². The highest BCUT2D eigenvalue weighted by Gasteiger charge is 2.21. The minimum atomic E-state index is -1.36. The Labute approximate surface area is 99.8 Å². The molecule has 94 valence electrons. The Morgan fingerprint density at radius 3 is 2.76 bits per heavy atom. The summed E-state index contributed by atoms with van der Waals surface area (Å²) in [5, 5.41) is 9.67. The second-order valence-electron chi connectivity index (χ2n) is 3.82. The molecule has 0 spiro atoms. The normalized spacial score (nSPS) is 12.2. The first-order valence-electron chi connectivity index (χ1n) is 5.60. The quantitative estimate of drug-likeness (QED) is 0.449. The zero-order valence-corrected chi connectivity index (χ0v) is 10.0. The molecule has 5 heteroatoms. The van der Waals surface area contributed by atoms with Crippen molar-refractivity contribution in [3.05, 3.63) is 23.5 Å². The molecule has 0 unspecified atom stereocenters. The number of rotatable bonds is 6. The van der Waals surface area contributed by atoms with Crippen molar-refractivity contribution in [3.63, 3.8) is 0 Å². The summed E-state index contributed by atoms with van der Waals surface area (Å²) in [4.78, 5) is 25.2. The molecule has 1 atom stereocenters. The lowest BCUT2D eigenvalue weighted by molar-refractivity contribution is -0.154. The van der Waals surface area contributed by atoms with Crippen LogP contribution < -0.4 is 0 Å². The zero-order chi connectivity index (χ0) is 12.8. The highest BCUT2D eigenvalue weighted by atomic mass is 16.5. The van der Waals surface area contributed by atoms with E-state index < -0.39 is 12.1 Å². The van der Waals surface area contributed by atoms with Crippen LogP contribution >= 0.6 is 0 Å². The Kier molecular flexibility index (Phi) is 4.90. The van der Waals surface area contributed by atoms with Gasteiger partial charge in [-0.15, -0.1) is 0 Å². The average Bonchev–Trinajstić information content (AvgIpc) is 2.77. The van der Waals surface area contributed by atoms with Crippen LogP contribution in [0.25, 0.3) is 0 Å². The second-order valence-corrected chi connectivity index (χ2v) is 3.82. The predicted molar refractivity (Wildman–Crippen MR) is 61.6 cm³/mol. The third-order valence-electron chi connectivity index (χ3n) is 2.37. The molecule has 0 bridgehead atoms. The number of Topliss-reactive ketones (excluding diaryl/α,β-unsaturated/α-hetero) is 1. The maximum atomic E-state index is 11.4. The first-order valence-corrected chi connectivity index (χ1v) is 5.60. The van der Waals surface area contributed by atoms with Gasteiger partial charge in [0.25, 0.3) is 0 Å². The topological polar surface area (TPSA) is 79.4 Å². The van der Waals surface area contributed by atoms with Crippen molar-refractivity contribution in [2.24, 2.45) is 0 Å². The summed E-state index contributed by atoms with van der Waals surface area (Å²) in [6.45, 7) is 3.69. The number of hydrogen-bond acceptors (Lipinski definition) is 4. The Morgan fingerprint density at radius 2 is 2.24 bits per heavy atom. The number of carbonyl (C=O) groups excluding carboxylic acids is 2. The molecule has 1 aromatic heterocycles. The molecule has 1 heterocycles. The lowest BCUT2D eigenvalue weighted by Gasteiger charge is -2.08. The number of aromatic amines is 1. The van der Waals surface area contributed by atoms with Crippen LogP contribution in [0.4, 0.5) is 0 Å². The molecular formula is C12H17NO4. The number of carbonyl (C=O) groups is 2. The maximum Gasteiger partial charge on any atom is 0.341 e. The molecule has 1 aromatic rings.